The highest BCUT2D eigenvalue weighted by atomic mass is 16.3. The Kier molecular flexibility index (Phi) is 5.63. The number of fused-ring (bicyclic) bond motifs is 10. The van der Waals surface area contributed by atoms with Crippen LogP contribution in [0.5, 0.6) is 0 Å². The molecule has 0 aliphatic rings. The molecule has 4 nitrogen and oxygen atoms in total. The van der Waals surface area contributed by atoms with Crippen LogP contribution in [0.25, 0.3) is 82.1 Å². The van der Waals surface area contributed by atoms with E-state index in [4.69, 9.17) is 8.83 Å². The third-order valence-electron chi connectivity index (χ3n) is 10.1. The van der Waals surface area contributed by atoms with Crippen LogP contribution in [-0.4, -0.2) is 4.57 Å². The monoisotopic (exact) mass is 640 g/mol. The van der Waals surface area contributed by atoms with Crippen molar-refractivity contribution in [2.45, 2.75) is 0 Å². The van der Waals surface area contributed by atoms with E-state index in [-0.39, 0.29) is 0 Å². The van der Waals surface area contributed by atoms with E-state index in [0.29, 0.717) is 0 Å². The summed E-state index contributed by atoms with van der Waals surface area (Å²) in [4.78, 5) is 2.31. The van der Waals surface area contributed by atoms with Crippen molar-refractivity contribution in [1.29, 1.82) is 0 Å². The van der Waals surface area contributed by atoms with Crippen LogP contribution < -0.4 is 4.90 Å². The molecule has 234 valence electrons. The van der Waals surface area contributed by atoms with E-state index < -0.39 is 0 Å². The van der Waals surface area contributed by atoms with Gasteiger partial charge >= 0.3 is 0 Å². The minimum atomic E-state index is 0.828. The predicted octanol–water partition coefficient (Wildman–Crippen LogP) is 13.2. The van der Waals surface area contributed by atoms with Gasteiger partial charge in [0, 0.05) is 43.7 Å². The van der Waals surface area contributed by atoms with Gasteiger partial charge in [-0.3, -0.25) is 0 Å². The first-order valence-corrected chi connectivity index (χ1v) is 16.9. The Morgan fingerprint density at radius 1 is 0.380 bits per heavy atom. The highest BCUT2D eigenvalue weighted by Gasteiger charge is 2.24. The van der Waals surface area contributed by atoms with E-state index in [2.05, 4.69) is 167 Å². The minimum Gasteiger partial charge on any atom is -0.454 e. The number of benzene rings is 8. The molecule has 0 aliphatic heterocycles. The first-order valence-electron chi connectivity index (χ1n) is 16.9. The Morgan fingerprint density at radius 3 is 1.78 bits per heavy atom. The molecular formula is C46H28N2O2. The normalized spacial score (nSPS) is 12.0. The number of furan rings is 2. The average molecular weight is 641 g/mol. The molecule has 0 amide bonds. The summed E-state index contributed by atoms with van der Waals surface area (Å²) in [5, 5.41) is 9.11. The standard InChI is InChI=1S/C46H28N2O2/c1-2-14-31(15-3-1)47-39-20-8-6-16-33(39)34-25-24-32(28-42(34)47)48(40-21-10-18-36-35-17-7-9-23-43(35)49-45(36)40)41-22-11-19-37-38-26-29-12-4-5-13-30(29)27-44(38)50-46(37)41/h1-28H. The van der Waals surface area contributed by atoms with E-state index >= 15 is 0 Å². The maximum atomic E-state index is 6.84. The Morgan fingerprint density at radius 2 is 0.980 bits per heavy atom. The third kappa shape index (κ3) is 3.87. The first kappa shape index (κ1) is 27.2. The van der Waals surface area contributed by atoms with Crippen LogP contribution in [0.15, 0.2) is 179 Å². The molecule has 11 aromatic rings. The Hall–Kier alpha value is -6.78. The summed E-state index contributed by atoms with van der Waals surface area (Å²) >= 11 is 0. The van der Waals surface area contributed by atoms with Gasteiger partial charge in [0.05, 0.1) is 22.4 Å². The van der Waals surface area contributed by atoms with Gasteiger partial charge in [0.25, 0.3) is 0 Å². The van der Waals surface area contributed by atoms with Gasteiger partial charge in [-0.15, -0.1) is 0 Å². The van der Waals surface area contributed by atoms with E-state index in [1.54, 1.807) is 0 Å². The molecule has 0 saturated heterocycles. The van der Waals surface area contributed by atoms with E-state index in [0.717, 1.165) is 77.5 Å². The number of nitrogens with zero attached hydrogens (tertiary/aromatic N) is 2. The van der Waals surface area contributed by atoms with Gasteiger partial charge in [-0.25, -0.2) is 0 Å². The summed E-state index contributed by atoms with van der Waals surface area (Å²) in [6.45, 7) is 0. The molecule has 50 heavy (non-hydrogen) atoms. The largest absolute Gasteiger partial charge is 0.454 e. The van der Waals surface area contributed by atoms with Crippen molar-refractivity contribution in [3.63, 3.8) is 0 Å². The first-order chi connectivity index (χ1) is 24.8. The van der Waals surface area contributed by atoms with Crippen molar-refractivity contribution >= 4 is 93.5 Å². The SMILES string of the molecule is c1ccc(-n2c3ccccc3c3ccc(N(c4cccc5c4oc4ccccc45)c4cccc5c4oc4cc6ccccc6cc45)cc32)cc1. The van der Waals surface area contributed by atoms with Gasteiger partial charge in [-0.2, -0.15) is 0 Å². The number of para-hydroxylation sites is 5. The second-order valence-corrected chi connectivity index (χ2v) is 12.9. The lowest BCUT2D eigenvalue weighted by Gasteiger charge is -2.26. The van der Waals surface area contributed by atoms with Gasteiger partial charge in [0.15, 0.2) is 11.2 Å². The minimum absolute atomic E-state index is 0.828. The summed E-state index contributed by atoms with van der Waals surface area (Å²) in [6.07, 6.45) is 0. The summed E-state index contributed by atoms with van der Waals surface area (Å²) in [5.41, 5.74) is 9.69. The fourth-order valence-electron chi connectivity index (χ4n) is 7.91. The number of rotatable bonds is 4. The van der Waals surface area contributed by atoms with Crippen LogP contribution in [0.2, 0.25) is 0 Å². The quantitative estimate of drug-likeness (QED) is 0.192. The highest BCUT2D eigenvalue weighted by Crippen LogP contribution is 2.47. The summed E-state index contributed by atoms with van der Waals surface area (Å²) in [5.74, 6) is 0. The van der Waals surface area contributed by atoms with Crippen molar-refractivity contribution < 1.29 is 8.83 Å². The Balaban J connectivity index is 1.24. The lowest BCUT2D eigenvalue weighted by molar-refractivity contribution is 0.666. The van der Waals surface area contributed by atoms with E-state index in [9.17, 15) is 0 Å². The number of aromatic nitrogens is 1. The highest BCUT2D eigenvalue weighted by molar-refractivity contribution is 6.16. The number of hydrogen-bond donors (Lipinski definition) is 0. The van der Waals surface area contributed by atoms with Gasteiger partial charge < -0.3 is 18.3 Å². The molecule has 4 heteroatoms. The molecule has 0 N–H and O–H groups in total. The van der Waals surface area contributed by atoms with Crippen molar-refractivity contribution in [3.05, 3.63) is 170 Å². The van der Waals surface area contributed by atoms with Gasteiger partial charge in [0.2, 0.25) is 0 Å². The van der Waals surface area contributed by atoms with Crippen LogP contribution in [0.3, 0.4) is 0 Å². The smallest absolute Gasteiger partial charge is 0.159 e. The lowest BCUT2D eigenvalue weighted by atomic mass is 10.0. The molecule has 0 saturated carbocycles. The Bertz CT molecular complexity index is 3110. The summed E-state index contributed by atoms with van der Waals surface area (Å²) in [7, 11) is 0. The molecule has 8 aromatic carbocycles. The van der Waals surface area contributed by atoms with Crippen molar-refractivity contribution in [2.75, 3.05) is 4.90 Å². The summed E-state index contributed by atoms with van der Waals surface area (Å²) in [6, 6.07) is 60.0. The van der Waals surface area contributed by atoms with Crippen molar-refractivity contribution in [1.82, 2.24) is 4.57 Å². The van der Waals surface area contributed by atoms with Crippen LogP contribution >= 0.6 is 0 Å². The van der Waals surface area contributed by atoms with Crippen LogP contribution in [-0.2, 0) is 0 Å². The van der Waals surface area contributed by atoms with E-state index in [1.165, 1.54) is 21.7 Å². The van der Waals surface area contributed by atoms with Crippen LogP contribution in [0.4, 0.5) is 17.1 Å². The molecule has 0 unspecified atom stereocenters. The average Bonchev–Trinajstić information content (AvgIpc) is 3.84. The molecule has 11 rings (SSSR count). The zero-order valence-corrected chi connectivity index (χ0v) is 26.9. The topological polar surface area (TPSA) is 34.5 Å². The van der Waals surface area contributed by atoms with Gasteiger partial charge in [-0.05, 0) is 71.4 Å². The molecular weight excluding hydrogens is 613 g/mol. The fourth-order valence-corrected chi connectivity index (χ4v) is 7.91. The van der Waals surface area contributed by atoms with E-state index in [1.807, 2.05) is 12.1 Å². The number of hydrogen-bond acceptors (Lipinski definition) is 3. The van der Waals surface area contributed by atoms with Crippen molar-refractivity contribution in [2.24, 2.45) is 0 Å². The maximum Gasteiger partial charge on any atom is 0.159 e. The third-order valence-corrected chi connectivity index (χ3v) is 10.1. The van der Waals surface area contributed by atoms with Crippen LogP contribution in [0.1, 0.15) is 0 Å². The zero-order valence-electron chi connectivity index (χ0n) is 26.9. The molecule has 0 atom stereocenters. The zero-order chi connectivity index (χ0) is 32.8. The second-order valence-electron chi connectivity index (χ2n) is 12.9. The lowest BCUT2D eigenvalue weighted by Crippen LogP contribution is -2.10. The van der Waals surface area contributed by atoms with Crippen molar-refractivity contribution in [3.8, 4) is 5.69 Å². The molecule has 0 spiro atoms. The molecule has 3 aromatic heterocycles. The number of anilines is 3. The van der Waals surface area contributed by atoms with Gasteiger partial charge in [-0.1, -0.05) is 109 Å². The predicted molar refractivity (Wildman–Crippen MR) is 208 cm³/mol. The molecule has 0 fully saturated rings. The Labute approximate surface area is 286 Å². The maximum absolute atomic E-state index is 6.84. The molecule has 0 radical (unpaired) electrons. The molecule has 0 bridgehead atoms. The fraction of sp³-hybridized carbons (Fsp3) is 0. The van der Waals surface area contributed by atoms with Gasteiger partial charge in [0.1, 0.15) is 11.2 Å². The molecule has 0 aliphatic carbocycles. The van der Waals surface area contributed by atoms with Crippen LogP contribution in [0, 0.1) is 0 Å². The summed E-state index contributed by atoms with van der Waals surface area (Å²) < 4.78 is 15.9. The molecule has 3 heterocycles. The second kappa shape index (κ2) is 10.4.